The zero-order valence-corrected chi connectivity index (χ0v) is 21.2. The number of aryl methyl sites for hydroxylation is 1. The van der Waals surface area contributed by atoms with Crippen LogP contribution in [0.3, 0.4) is 0 Å². The van der Waals surface area contributed by atoms with Gasteiger partial charge in [0.25, 0.3) is 5.91 Å². The Hall–Kier alpha value is -4.31. The molecule has 10 nitrogen and oxygen atoms in total. The van der Waals surface area contributed by atoms with Crippen molar-refractivity contribution in [3.63, 3.8) is 0 Å². The van der Waals surface area contributed by atoms with Crippen LogP contribution in [0.15, 0.2) is 55.1 Å². The summed E-state index contributed by atoms with van der Waals surface area (Å²) in [6, 6.07) is 12.0. The Balaban J connectivity index is 1.35. The van der Waals surface area contributed by atoms with E-state index >= 15 is 0 Å². The molecular formula is C27H28N8O2. The van der Waals surface area contributed by atoms with Crippen molar-refractivity contribution in [1.29, 1.82) is 0 Å². The zero-order valence-electron chi connectivity index (χ0n) is 21.2. The summed E-state index contributed by atoms with van der Waals surface area (Å²) in [5, 5.41) is 16.7. The number of ether oxygens (including phenoxy) is 1. The molecule has 0 radical (unpaired) electrons. The third kappa shape index (κ3) is 3.89. The van der Waals surface area contributed by atoms with Gasteiger partial charge < -0.3 is 19.2 Å². The van der Waals surface area contributed by atoms with Crippen molar-refractivity contribution in [3.8, 4) is 22.6 Å². The number of aromatic nitrogens is 7. The van der Waals surface area contributed by atoms with Crippen LogP contribution in [0.25, 0.3) is 33.5 Å². The van der Waals surface area contributed by atoms with E-state index in [0.29, 0.717) is 36.1 Å². The van der Waals surface area contributed by atoms with Crippen LogP contribution in [0.5, 0.6) is 0 Å². The average Bonchev–Trinajstić information content (AvgIpc) is 3.58. The van der Waals surface area contributed by atoms with Gasteiger partial charge in [-0.3, -0.25) is 9.48 Å². The number of nitrogens with zero attached hydrogens (tertiary/aromatic N) is 7. The summed E-state index contributed by atoms with van der Waals surface area (Å²) in [6.45, 7) is 7.45. The molecule has 1 amide bonds. The molecule has 4 aromatic heterocycles. The largest absolute Gasteiger partial charge is 0.377 e. The molecule has 1 aromatic carbocycles. The van der Waals surface area contributed by atoms with Gasteiger partial charge in [-0.05, 0) is 32.9 Å². The number of amides is 1. The maximum atomic E-state index is 13.6. The quantitative estimate of drug-likeness (QED) is 0.373. The first-order valence-corrected chi connectivity index (χ1v) is 12.3. The first-order valence-electron chi connectivity index (χ1n) is 12.3. The molecule has 1 fully saturated rings. The van der Waals surface area contributed by atoms with Crippen LogP contribution in [-0.2, 0) is 11.8 Å². The van der Waals surface area contributed by atoms with E-state index in [2.05, 4.69) is 56.3 Å². The summed E-state index contributed by atoms with van der Waals surface area (Å²) in [7, 11) is 1.99. The van der Waals surface area contributed by atoms with E-state index in [-0.39, 0.29) is 18.0 Å². The topological polar surface area (TPSA) is 105 Å². The van der Waals surface area contributed by atoms with Gasteiger partial charge in [0.05, 0.1) is 36.5 Å². The highest BCUT2D eigenvalue weighted by atomic mass is 16.5. The minimum atomic E-state index is -0.211. The molecule has 1 N–H and O–H groups in total. The third-order valence-corrected chi connectivity index (χ3v) is 6.99. The number of anilines is 1. The fourth-order valence-corrected chi connectivity index (χ4v) is 4.82. The maximum Gasteiger partial charge on any atom is 0.259 e. The Morgan fingerprint density at radius 3 is 2.73 bits per heavy atom. The minimum absolute atomic E-state index is 0.187. The Labute approximate surface area is 213 Å². The van der Waals surface area contributed by atoms with Gasteiger partial charge in [-0.2, -0.15) is 5.10 Å². The average molecular weight is 497 g/mol. The number of pyridine rings is 1. The van der Waals surface area contributed by atoms with Gasteiger partial charge in [0.2, 0.25) is 0 Å². The fraction of sp³-hybridized carbons (Fsp3) is 0.296. The lowest BCUT2D eigenvalue weighted by molar-refractivity contribution is -0.0286. The van der Waals surface area contributed by atoms with E-state index in [1.165, 1.54) is 0 Å². The van der Waals surface area contributed by atoms with Crippen molar-refractivity contribution in [2.75, 3.05) is 18.5 Å². The van der Waals surface area contributed by atoms with Crippen molar-refractivity contribution in [2.24, 2.45) is 7.05 Å². The van der Waals surface area contributed by atoms with Gasteiger partial charge in [0.1, 0.15) is 17.8 Å². The number of rotatable bonds is 6. The normalized spacial score (nSPS) is 13.9. The molecule has 0 aliphatic carbocycles. The molecule has 5 heterocycles. The molecule has 0 spiro atoms. The number of hydrogen-bond donors (Lipinski definition) is 1. The lowest BCUT2D eigenvalue weighted by Gasteiger charge is -2.25. The van der Waals surface area contributed by atoms with Crippen molar-refractivity contribution in [2.45, 2.75) is 32.9 Å². The van der Waals surface area contributed by atoms with Gasteiger partial charge in [-0.15, -0.1) is 10.2 Å². The highest BCUT2D eigenvalue weighted by Gasteiger charge is 2.24. The van der Waals surface area contributed by atoms with E-state index in [9.17, 15) is 4.79 Å². The lowest BCUT2D eigenvalue weighted by atomic mass is 10.0. The van der Waals surface area contributed by atoms with Crippen LogP contribution in [0, 0.1) is 6.92 Å². The van der Waals surface area contributed by atoms with Crippen LogP contribution in [0.4, 0.5) is 5.82 Å². The number of carbonyl (C=O) groups is 1. The molecule has 5 aromatic rings. The van der Waals surface area contributed by atoms with Crippen molar-refractivity contribution < 1.29 is 9.53 Å². The molecule has 0 bridgehead atoms. The van der Waals surface area contributed by atoms with Gasteiger partial charge in [-0.25, -0.2) is 4.98 Å². The predicted molar refractivity (Wildman–Crippen MR) is 140 cm³/mol. The summed E-state index contributed by atoms with van der Waals surface area (Å²) in [5.41, 5.74) is 5.17. The fourth-order valence-electron chi connectivity index (χ4n) is 4.82. The first-order chi connectivity index (χ1) is 17.9. The van der Waals surface area contributed by atoms with Crippen LogP contribution in [0.1, 0.15) is 42.0 Å². The van der Waals surface area contributed by atoms with Gasteiger partial charge in [0.15, 0.2) is 5.82 Å². The zero-order chi connectivity index (χ0) is 25.7. The second kappa shape index (κ2) is 8.97. The van der Waals surface area contributed by atoms with Gasteiger partial charge in [0, 0.05) is 41.5 Å². The van der Waals surface area contributed by atoms with Crippen molar-refractivity contribution in [1.82, 2.24) is 34.1 Å². The van der Waals surface area contributed by atoms with E-state index in [0.717, 1.165) is 27.7 Å². The lowest BCUT2D eigenvalue weighted by Crippen LogP contribution is -2.30. The van der Waals surface area contributed by atoms with Crippen molar-refractivity contribution in [3.05, 3.63) is 66.4 Å². The Bertz CT molecular complexity index is 1620. The van der Waals surface area contributed by atoms with Gasteiger partial charge >= 0.3 is 0 Å². The molecule has 1 aliphatic heterocycles. The standard InChI is InChI=1S/C27H28N8O2/c1-16(2)34-15-28-32-26(34)22-9-6-10-23(30-22)31-27(36)24-17(3)33(4)25-20(7-5-8-21(24)25)18-11-29-35(12-18)19-13-37-14-19/h5-12,15-16,19H,13-14H2,1-4H3,(H,30,31,36). The van der Waals surface area contributed by atoms with Crippen LogP contribution < -0.4 is 5.32 Å². The highest BCUT2D eigenvalue weighted by Crippen LogP contribution is 2.34. The smallest absolute Gasteiger partial charge is 0.259 e. The minimum Gasteiger partial charge on any atom is -0.377 e. The number of nitrogens with one attached hydrogen (secondary N) is 1. The number of para-hydroxylation sites is 1. The summed E-state index contributed by atoms with van der Waals surface area (Å²) in [5.74, 6) is 0.904. The molecule has 188 valence electrons. The monoisotopic (exact) mass is 496 g/mol. The van der Waals surface area contributed by atoms with E-state index in [1.54, 1.807) is 12.4 Å². The van der Waals surface area contributed by atoms with E-state index in [1.807, 2.05) is 53.7 Å². The first kappa shape index (κ1) is 23.1. The summed E-state index contributed by atoms with van der Waals surface area (Å²) < 4.78 is 11.3. The van der Waals surface area contributed by atoms with E-state index < -0.39 is 0 Å². The van der Waals surface area contributed by atoms with Crippen LogP contribution in [0.2, 0.25) is 0 Å². The van der Waals surface area contributed by atoms with Gasteiger partial charge in [-0.1, -0.05) is 24.3 Å². The Morgan fingerprint density at radius 1 is 1.16 bits per heavy atom. The molecule has 0 saturated carbocycles. The third-order valence-electron chi connectivity index (χ3n) is 6.99. The molecule has 6 rings (SSSR count). The molecule has 37 heavy (non-hydrogen) atoms. The highest BCUT2D eigenvalue weighted by molar-refractivity contribution is 6.15. The Kier molecular flexibility index (Phi) is 5.60. The predicted octanol–water partition coefficient (Wildman–Crippen LogP) is 4.41. The molecule has 10 heteroatoms. The van der Waals surface area contributed by atoms with Crippen LogP contribution >= 0.6 is 0 Å². The number of carbonyl (C=O) groups excluding carboxylic acids is 1. The molecule has 1 saturated heterocycles. The molecule has 0 atom stereocenters. The van der Waals surface area contributed by atoms with Crippen molar-refractivity contribution >= 4 is 22.6 Å². The summed E-state index contributed by atoms with van der Waals surface area (Å²) in [6.07, 6.45) is 5.61. The Morgan fingerprint density at radius 2 is 1.97 bits per heavy atom. The second-order valence-corrected chi connectivity index (χ2v) is 9.64. The SMILES string of the molecule is Cc1c(C(=O)Nc2cccc(-c3nncn3C(C)C)n2)c2cccc(-c3cnn(C4COC4)c3)c2n1C. The second-order valence-electron chi connectivity index (χ2n) is 9.64. The van der Waals surface area contributed by atoms with E-state index in [4.69, 9.17) is 4.74 Å². The summed E-state index contributed by atoms with van der Waals surface area (Å²) >= 11 is 0. The number of benzene rings is 1. The number of fused-ring (bicyclic) bond motifs is 1. The van der Waals surface area contributed by atoms with Crippen LogP contribution in [-0.4, -0.2) is 53.2 Å². The number of hydrogen-bond acceptors (Lipinski definition) is 6. The molecule has 0 unspecified atom stereocenters. The molecule has 1 aliphatic rings. The maximum absolute atomic E-state index is 13.6. The summed E-state index contributed by atoms with van der Waals surface area (Å²) in [4.78, 5) is 18.2. The molecular weight excluding hydrogens is 468 g/mol.